The molecule has 0 bridgehead atoms. The van der Waals surface area contributed by atoms with Crippen molar-refractivity contribution in [1.82, 2.24) is 4.90 Å². The molecule has 1 saturated heterocycles. The fraction of sp³-hybridized carbons (Fsp3) is 0.533. The predicted octanol–water partition coefficient (Wildman–Crippen LogP) is 2.86. The molecule has 1 fully saturated rings. The van der Waals surface area contributed by atoms with Gasteiger partial charge in [0.05, 0.1) is 5.92 Å². The minimum atomic E-state index is -0.939. The van der Waals surface area contributed by atoms with E-state index in [0.717, 1.165) is 6.07 Å². The minimum Gasteiger partial charge on any atom is -0.481 e. The second kappa shape index (κ2) is 5.13. The Morgan fingerprint density at radius 2 is 1.95 bits per heavy atom. The van der Waals surface area contributed by atoms with Crippen LogP contribution in [0.2, 0.25) is 0 Å². The lowest BCUT2D eigenvalue weighted by molar-refractivity contribution is -0.141. The fourth-order valence-corrected chi connectivity index (χ4v) is 2.72. The largest absolute Gasteiger partial charge is 0.481 e. The summed E-state index contributed by atoms with van der Waals surface area (Å²) in [4.78, 5) is 13.4. The van der Waals surface area contributed by atoms with E-state index in [4.69, 9.17) is 0 Å². The zero-order valence-electron chi connectivity index (χ0n) is 11.9. The van der Waals surface area contributed by atoms with Crippen molar-refractivity contribution in [2.75, 3.05) is 13.1 Å². The average Bonchev–Trinajstić information content (AvgIpc) is 2.73. The molecule has 2 atom stereocenters. The molecule has 1 aliphatic rings. The Balaban J connectivity index is 2.35. The van der Waals surface area contributed by atoms with Crippen LogP contribution in [0.1, 0.15) is 32.3 Å². The SMILES string of the molecule is CC(C)(C)N1C[C@H](c2ccc(F)cc2F)[C@H](C(=O)O)C1. The van der Waals surface area contributed by atoms with Gasteiger partial charge in [-0.1, -0.05) is 6.07 Å². The van der Waals surface area contributed by atoms with Crippen molar-refractivity contribution in [1.29, 1.82) is 0 Å². The van der Waals surface area contributed by atoms with Crippen molar-refractivity contribution in [2.45, 2.75) is 32.2 Å². The lowest BCUT2D eigenvalue weighted by Crippen LogP contribution is -2.40. The number of nitrogens with zero attached hydrogens (tertiary/aromatic N) is 1. The topological polar surface area (TPSA) is 40.5 Å². The van der Waals surface area contributed by atoms with Crippen LogP contribution in [0.5, 0.6) is 0 Å². The summed E-state index contributed by atoms with van der Waals surface area (Å²) >= 11 is 0. The standard InChI is InChI=1S/C15H19F2NO2/c1-15(2,3)18-7-11(12(8-18)14(19)20)10-5-4-9(16)6-13(10)17/h4-6,11-12H,7-8H2,1-3H3,(H,19,20)/t11-,12-/m1/s1. The van der Waals surface area contributed by atoms with Gasteiger partial charge in [0.1, 0.15) is 11.6 Å². The van der Waals surface area contributed by atoms with Crippen LogP contribution in [0.25, 0.3) is 0 Å². The predicted molar refractivity (Wildman–Crippen MR) is 71.6 cm³/mol. The summed E-state index contributed by atoms with van der Waals surface area (Å²) < 4.78 is 26.9. The van der Waals surface area contributed by atoms with E-state index in [1.807, 2.05) is 25.7 Å². The molecule has 1 aromatic rings. The number of rotatable bonds is 2. The summed E-state index contributed by atoms with van der Waals surface area (Å²) in [6.07, 6.45) is 0. The van der Waals surface area contributed by atoms with Gasteiger partial charge >= 0.3 is 5.97 Å². The van der Waals surface area contributed by atoms with Gasteiger partial charge in [-0.05, 0) is 32.4 Å². The molecule has 1 N–H and O–H groups in total. The highest BCUT2D eigenvalue weighted by molar-refractivity contribution is 5.72. The fourth-order valence-electron chi connectivity index (χ4n) is 2.72. The Morgan fingerprint density at radius 1 is 1.30 bits per heavy atom. The lowest BCUT2D eigenvalue weighted by atomic mass is 9.88. The van der Waals surface area contributed by atoms with Crippen molar-refractivity contribution in [3.8, 4) is 0 Å². The van der Waals surface area contributed by atoms with Crippen molar-refractivity contribution in [3.05, 3.63) is 35.4 Å². The molecule has 5 heteroatoms. The van der Waals surface area contributed by atoms with Crippen molar-refractivity contribution in [3.63, 3.8) is 0 Å². The van der Waals surface area contributed by atoms with E-state index in [-0.39, 0.29) is 11.1 Å². The van der Waals surface area contributed by atoms with E-state index < -0.39 is 29.4 Å². The van der Waals surface area contributed by atoms with Gasteiger partial charge in [0, 0.05) is 30.6 Å². The van der Waals surface area contributed by atoms with Gasteiger partial charge in [-0.15, -0.1) is 0 Å². The molecule has 3 nitrogen and oxygen atoms in total. The Morgan fingerprint density at radius 3 is 2.45 bits per heavy atom. The summed E-state index contributed by atoms with van der Waals surface area (Å²) in [5, 5.41) is 9.35. The number of benzene rings is 1. The van der Waals surface area contributed by atoms with Gasteiger partial charge in [0.2, 0.25) is 0 Å². The lowest BCUT2D eigenvalue weighted by Gasteiger charge is -2.31. The Hall–Kier alpha value is -1.49. The molecule has 1 aliphatic heterocycles. The summed E-state index contributed by atoms with van der Waals surface area (Å²) in [5.41, 5.74) is 0.101. The van der Waals surface area contributed by atoms with E-state index in [1.165, 1.54) is 12.1 Å². The highest BCUT2D eigenvalue weighted by Crippen LogP contribution is 2.37. The number of carboxylic acid groups (broad SMARTS) is 1. The molecular weight excluding hydrogens is 264 g/mol. The maximum atomic E-state index is 13.9. The molecule has 0 spiro atoms. The maximum Gasteiger partial charge on any atom is 0.308 e. The molecule has 1 aromatic carbocycles. The van der Waals surface area contributed by atoms with Crippen LogP contribution in [-0.4, -0.2) is 34.6 Å². The van der Waals surface area contributed by atoms with Gasteiger partial charge in [0.15, 0.2) is 0 Å². The molecule has 0 saturated carbocycles. The number of carbonyl (C=O) groups is 1. The van der Waals surface area contributed by atoms with E-state index in [1.54, 1.807) is 0 Å². The maximum absolute atomic E-state index is 13.9. The number of aliphatic carboxylic acids is 1. The van der Waals surface area contributed by atoms with Crippen LogP contribution >= 0.6 is 0 Å². The molecule has 20 heavy (non-hydrogen) atoms. The van der Waals surface area contributed by atoms with Crippen LogP contribution in [0.15, 0.2) is 18.2 Å². The van der Waals surface area contributed by atoms with Crippen LogP contribution in [0.3, 0.4) is 0 Å². The number of likely N-dealkylation sites (tertiary alicyclic amines) is 1. The summed E-state index contributed by atoms with van der Waals surface area (Å²) in [6.45, 7) is 6.82. The summed E-state index contributed by atoms with van der Waals surface area (Å²) in [5.74, 6) is -3.38. The van der Waals surface area contributed by atoms with Crippen LogP contribution in [-0.2, 0) is 4.79 Å². The van der Waals surface area contributed by atoms with E-state index in [0.29, 0.717) is 13.1 Å². The third-order valence-electron chi connectivity index (χ3n) is 3.95. The van der Waals surface area contributed by atoms with Crippen LogP contribution < -0.4 is 0 Å². The second-order valence-corrected chi connectivity index (χ2v) is 6.29. The Kier molecular flexibility index (Phi) is 3.82. The molecule has 0 radical (unpaired) electrons. The average molecular weight is 283 g/mol. The first-order chi connectivity index (χ1) is 9.20. The van der Waals surface area contributed by atoms with Gasteiger partial charge in [-0.3, -0.25) is 9.69 Å². The van der Waals surface area contributed by atoms with Gasteiger partial charge in [-0.2, -0.15) is 0 Å². The molecule has 0 amide bonds. The number of halogens is 2. The van der Waals surface area contributed by atoms with Gasteiger partial charge in [-0.25, -0.2) is 8.78 Å². The smallest absolute Gasteiger partial charge is 0.308 e. The molecule has 0 unspecified atom stereocenters. The van der Waals surface area contributed by atoms with E-state index in [9.17, 15) is 18.7 Å². The number of hydrogen-bond acceptors (Lipinski definition) is 2. The molecule has 2 rings (SSSR count). The van der Waals surface area contributed by atoms with Crippen molar-refractivity contribution >= 4 is 5.97 Å². The Labute approximate surface area is 117 Å². The molecule has 110 valence electrons. The van der Waals surface area contributed by atoms with Crippen LogP contribution in [0, 0.1) is 17.6 Å². The third-order valence-corrected chi connectivity index (χ3v) is 3.95. The molecule has 1 heterocycles. The highest BCUT2D eigenvalue weighted by atomic mass is 19.1. The monoisotopic (exact) mass is 283 g/mol. The first-order valence-electron chi connectivity index (χ1n) is 6.63. The normalized spacial score (nSPS) is 24.1. The second-order valence-electron chi connectivity index (χ2n) is 6.29. The molecular formula is C15H19F2NO2. The first-order valence-corrected chi connectivity index (χ1v) is 6.63. The minimum absolute atomic E-state index is 0.182. The van der Waals surface area contributed by atoms with Crippen LogP contribution in [0.4, 0.5) is 8.78 Å². The first kappa shape index (κ1) is 14.9. The molecule has 0 aliphatic carbocycles. The zero-order chi connectivity index (χ0) is 15.1. The Bertz CT molecular complexity index is 525. The van der Waals surface area contributed by atoms with Crippen molar-refractivity contribution < 1.29 is 18.7 Å². The zero-order valence-corrected chi connectivity index (χ0v) is 11.9. The van der Waals surface area contributed by atoms with E-state index in [2.05, 4.69) is 0 Å². The number of hydrogen-bond donors (Lipinski definition) is 1. The van der Waals surface area contributed by atoms with Gasteiger partial charge in [0.25, 0.3) is 0 Å². The summed E-state index contributed by atoms with van der Waals surface area (Å²) in [6, 6.07) is 3.35. The quantitative estimate of drug-likeness (QED) is 0.907. The highest BCUT2D eigenvalue weighted by Gasteiger charge is 2.42. The number of carboxylic acids is 1. The van der Waals surface area contributed by atoms with Crippen molar-refractivity contribution in [2.24, 2.45) is 5.92 Å². The van der Waals surface area contributed by atoms with Gasteiger partial charge < -0.3 is 5.11 Å². The molecule has 0 aromatic heterocycles. The third kappa shape index (κ3) is 2.82. The van der Waals surface area contributed by atoms with E-state index >= 15 is 0 Å². The summed E-state index contributed by atoms with van der Waals surface area (Å²) in [7, 11) is 0.